The number of ketones is 1. The predicted octanol–water partition coefficient (Wildman–Crippen LogP) is 3.74. The second-order valence-electron chi connectivity index (χ2n) is 7.04. The summed E-state index contributed by atoms with van der Waals surface area (Å²) in [7, 11) is 1.72. The van der Waals surface area contributed by atoms with E-state index >= 15 is 0 Å². The van der Waals surface area contributed by atoms with E-state index in [9.17, 15) is 9.18 Å². The van der Waals surface area contributed by atoms with Gasteiger partial charge in [0.15, 0.2) is 5.78 Å². The van der Waals surface area contributed by atoms with Crippen LogP contribution < -0.4 is 16.4 Å². The van der Waals surface area contributed by atoms with Gasteiger partial charge in [-0.2, -0.15) is 0 Å². The summed E-state index contributed by atoms with van der Waals surface area (Å²) in [5.74, 6) is 0.643. The van der Waals surface area contributed by atoms with Crippen LogP contribution in [0.4, 0.5) is 10.2 Å². The smallest absolute Gasteiger partial charge is 0.156 e. The van der Waals surface area contributed by atoms with Gasteiger partial charge >= 0.3 is 0 Å². The maximum atomic E-state index is 13.9. The quantitative estimate of drug-likeness (QED) is 0.614. The van der Waals surface area contributed by atoms with E-state index < -0.39 is 5.82 Å². The van der Waals surface area contributed by atoms with Gasteiger partial charge in [-0.05, 0) is 60.7 Å². The van der Waals surface area contributed by atoms with Crippen LogP contribution in [0.5, 0.6) is 0 Å². The Bertz CT molecular complexity index is 864. The lowest BCUT2D eigenvalue weighted by atomic mass is 9.99. The largest absolute Gasteiger partial charge is 0.397 e. The summed E-state index contributed by atoms with van der Waals surface area (Å²) in [5.41, 5.74) is 9.56. The van der Waals surface area contributed by atoms with Crippen molar-refractivity contribution in [3.05, 3.63) is 64.7 Å². The lowest BCUT2D eigenvalue weighted by Crippen LogP contribution is -2.17. The van der Waals surface area contributed by atoms with Crippen LogP contribution >= 0.6 is 0 Å². The zero-order chi connectivity index (χ0) is 20.7. The monoisotopic (exact) mass is 384 g/mol. The zero-order valence-electron chi connectivity index (χ0n) is 17.0. The Morgan fingerprint density at radius 1 is 1.29 bits per heavy atom. The molecular formula is C22H29FN4O. The number of rotatable bonds is 9. The third-order valence-corrected chi connectivity index (χ3v) is 4.62. The molecule has 1 unspecified atom stereocenters. The van der Waals surface area contributed by atoms with Gasteiger partial charge in [-0.15, -0.1) is 0 Å². The van der Waals surface area contributed by atoms with Gasteiger partial charge in [-0.1, -0.05) is 13.8 Å². The third kappa shape index (κ3) is 6.08. The van der Waals surface area contributed by atoms with E-state index in [1.54, 1.807) is 19.3 Å². The Morgan fingerprint density at radius 2 is 2.04 bits per heavy atom. The molecule has 1 atom stereocenters. The van der Waals surface area contributed by atoms with E-state index in [4.69, 9.17) is 5.73 Å². The standard InChI is InChI=1S/C22H29FN4O/c1-5-14(2)17-6-15(3)27-22(11-17)26-12-20(28)9-16-7-18(10-19(23)8-16)21(24)13-25-4/h6-8,10-11,13-14,25H,5,9,12,24H2,1-4H3,(H,26,27)/b21-13-. The summed E-state index contributed by atoms with van der Waals surface area (Å²) >= 11 is 0. The van der Waals surface area contributed by atoms with Crippen molar-refractivity contribution < 1.29 is 9.18 Å². The van der Waals surface area contributed by atoms with Crippen LogP contribution in [0, 0.1) is 12.7 Å². The first-order valence-corrected chi connectivity index (χ1v) is 9.49. The molecule has 0 bridgehead atoms. The highest BCUT2D eigenvalue weighted by molar-refractivity contribution is 5.85. The van der Waals surface area contributed by atoms with Crippen molar-refractivity contribution >= 4 is 17.3 Å². The normalized spacial score (nSPS) is 12.5. The van der Waals surface area contributed by atoms with Crippen LogP contribution in [0.1, 0.15) is 48.6 Å². The molecule has 4 N–H and O–H groups in total. The Balaban J connectivity index is 2.05. The van der Waals surface area contributed by atoms with E-state index in [2.05, 4.69) is 35.5 Å². The first-order chi connectivity index (χ1) is 13.3. The number of carbonyl (C=O) groups excluding carboxylic acids is 1. The van der Waals surface area contributed by atoms with Gasteiger partial charge in [0.25, 0.3) is 0 Å². The molecular weight excluding hydrogens is 355 g/mol. The highest BCUT2D eigenvalue weighted by Gasteiger charge is 2.10. The van der Waals surface area contributed by atoms with Gasteiger partial charge in [-0.25, -0.2) is 9.37 Å². The predicted molar refractivity (Wildman–Crippen MR) is 113 cm³/mol. The molecule has 0 spiro atoms. The summed E-state index contributed by atoms with van der Waals surface area (Å²) in [6.07, 6.45) is 2.74. The van der Waals surface area contributed by atoms with Crippen LogP contribution in [0.3, 0.4) is 0 Å². The maximum Gasteiger partial charge on any atom is 0.156 e. The first-order valence-electron chi connectivity index (χ1n) is 9.49. The number of anilines is 1. The zero-order valence-corrected chi connectivity index (χ0v) is 17.0. The van der Waals surface area contributed by atoms with Crippen molar-refractivity contribution in [1.82, 2.24) is 10.3 Å². The fourth-order valence-corrected chi connectivity index (χ4v) is 2.94. The number of pyridine rings is 1. The molecule has 28 heavy (non-hydrogen) atoms. The fourth-order valence-electron chi connectivity index (χ4n) is 2.94. The number of benzene rings is 1. The number of nitrogens with two attached hydrogens (primary N) is 1. The molecule has 5 nitrogen and oxygen atoms in total. The number of hydrogen-bond donors (Lipinski definition) is 3. The minimum Gasteiger partial charge on any atom is -0.397 e. The SMILES string of the molecule is CCC(C)c1cc(C)nc(NCC(=O)Cc2cc(F)cc(/C(N)=C/NC)c2)c1. The molecule has 0 fully saturated rings. The van der Waals surface area contributed by atoms with Crippen molar-refractivity contribution in [3.63, 3.8) is 0 Å². The number of aryl methyl sites for hydroxylation is 1. The van der Waals surface area contributed by atoms with Crippen molar-refractivity contribution in [2.45, 2.75) is 39.5 Å². The van der Waals surface area contributed by atoms with Crippen molar-refractivity contribution in [2.75, 3.05) is 18.9 Å². The molecule has 0 aliphatic rings. The Hall–Kier alpha value is -2.89. The highest BCUT2D eigenvalue weighted by atomic mass is 19.1. The van der Waals surface area contributed by atoms with E-state index in [0.717, 1.165) is 12.1 Å². The molecule has 0 aliphatic carbocycles. The van der Waals surface area contributed by atoms with E-state index in [0.29, 0.717) is 28.6 Å². The lowest BCUT2D eigenvalue weighted by molar-refractivity contribution is -0.116. The van der Waals surface area contributed by atoms with Crippen molar-refractivity contribution in [2.24, 2.45) is 5.73 Å². The topological polar surface area (TPSA) is 80.0 Å². The summed E-state index contributed by atoms with van der Waals surface area (Å²) in [6, 6.07) is 8.50. The summed E-state index contributed by atoms with van der Waals surface area (Å²) < 4.78 is 13.9. The molecule has 1 heterocycles. The summed E-state index contributed by atoms with van der Waals surface area (Å²) in [5, 5.41) is 5.91. The molecule has 2 rings (SSSR count). The number of Topliss-reactive ketones (excluding diaryl/α,β-unsaturated/α-hetero) is 1. The Labute approximate surface area is 166 Å². The van der Waals surface area contributed by atoms with E-state index in [-0.39, 0.29) is 18.7 Å². The molecule has 0 saturated heterocycles. The number of aromatic nitrogens is 1. The summed E-state index contributed by atoms with van der Waals surface area (Å²) in [6.45, 7) is 6.38. The van der Waals surface area contributed by atoms with Gasteiger partial charge in [0.1, 0.15) is 11.6 Å². The van der Waals surface area contributed by atoms with Gasteiger partial charge in [0, 0.05) is 30.9 Å². The van der Waals surface area contributed by atoms with Gasteiger partial charge in [-0.3, -0.25) is 4.79 Å². The van der Waals surface area contributed by atoms with Gasteiger partial charge in [0.2, 0.25) is 0 Å². The average molecular weight is 384 g/mol. The lowest BCUT2D eigenvalue weighted by Gasteiger charge is -2.13. The minimum atomic E-state index is -0.417. The van der Waals surface area contributed by atoms with Crippen molar-refractivity contribution in [3.8, 4) is 0 Å². The highest BCUT2D eigenvalue weighted by Crippen LogP contribution is 2.22. The van der Waals surface area contributed by atoms with Gasteiger partial charge < -0.3 is 16.4 Å². The Kier molecular flexibility index (Phi) is 7.55. The number of nitrogens with one attached hydrogen (secondary N) is 2. The maximum absolute atomic E-state index is 13.9. The number of nitrogens with zero attached hydrogens (tertiary/aromatic N) is 1. The van der Waals surface area contributed by atoms with Crippen LogP contribution in [-0.4, -0.2) is 24.4 Å². The van der Waals surface area contributed by atoms with Crippen LogP contribution in [0.25, 0.3) is 5.70 Å². The van der Waals surface area contributed by atoms with Crippen molar-refractivity contribution in [1.29, 1.82) is 0 Å². The average Bonchev–Trinajstić information content (AvgIpc) is 2.65. The number of hydrogen-bond acceptors (Lipinski definition) is 5. The molecule has 2 aromatic rings. The second-order valence-corrected chi connectivity index (χ2v) is 7.04. The molecule has 0 radical (unpaired) electrons. The molecule has 0 saturated carbocycles. The van der Waals surface area contributed by atoms with E-state index in [1.165, 1.54) is 17.7 Å². The molecule has 1 aromatic carbocycles. The van der Waals surface area contributed by atoms with Crippen LogP contribution in [-0.2, 0) is 11.2 Å². The summed E-state index contributed by atoms with van der Waals surface area (Å²) in [4.78, 5) is 16.8. The molecule has 1 aromatic heterocycles. The Morgan fingerprint density at radius 3 is 2.71 bits per heavy atom. The fraction of sp³-hybridized carbons (Fsp3) is 0.364. The van der Waals surface area contributed by atoms with Gasteiger partial charge in [0.05, 0.1) is 12.2 Å². The molecule has 150 valence electrons. The van der Waals surface area contributed by atoms with E-state index in [1.807, 2.05) is 13.0 Å². The minimum absolute atomic E-state index is 0.0545. The van der Waals surface area contributed by atoms with Crippen LogP contribution in [0.2, 0.25) is 0 Å². The van der Waals surface area contributed by atoms with Crippen LogP contribution in [0.15, 0.2) is 36.5 Å². The first kappa shape index (κ1) is 21.4. The molecule has 0 aliphatic heterocycles. The second kappa shape index (κ2) is 9.88. The third-order valence-electron chi connectivity index (χ3n) is 4.62. The number of halogens is 1. The molecule has 6 heteroatoms. The molecule has 0 amide bonds. The number of carbonyl (C=O) groups is 1.